The smallest absolute Gasteiger partial charge is 0.236 e. The van der Waals surface area contributed by atoms with Gasteiger partial charge in [-0.05, 0) is 19.8 Å². The second-order valence-electron chi connectivity index (χ2n) is 3.94. The van der Waals surface area contributed by atoms with E-state index in [-0.39, 0.29) is 5.91 Å². The number of nitrogens with one attached hydrogen (secondary N) is 1. The summed E-state index contributed by atoms with van der Waals surface area (Å²) in [6.45, 7) is 7.32. The molecule has 0 radical (unpaired) electrons. The lowest BCUT2D eigenvalue weighted by molar-refractivity contribution is -0.128. The van der Waals surface area contributed by atoms with Crippen LogP contribution in [0.2, 0.25) is 0 Å². The highest BCUT2D eigenvalue weighted by molar-refractivity contribution is 5.77. The van der Waals surface area contributed by atoms with Gasteiger partial charge in [0.1, 0.15) is 0 Å². The number of carbonyl (C=O) groups is 1. The monoisotopic (exact) mass is 216 g/mol. The van der Waals surface area contributed by atoms with Gasteiger partial charge >= 0.3 is 0 Å². The van der Waals surface area contributed by atoms with E-state index in [2.05, 4.69) is 5.32 Å². The average Bonchev–Trinajstić information content (AvgIpc) is 2.27. The van der Waals surface area contributed by atoms with Gasteiger partial charge in [-0.1, -0.05) is 13.8 Å². The summed E-state index contributed by atoms with van der Waals surface area (Å²) in [6.07, 6.45) is 1.41. The highest BCUT2D eigenvalue weighted by Crippen LogP contribution is 2.12. The van der Waals surface area contributed by atoms with Crippen molar-refractivity contribution in [1.29, 1.82) is 0 Å². The molecule has 0 atom stereocenters. The van der Waals surface area contributed by atoms with Gasteiger partial charge in [0.25, 0.3) is 0 Å². The molecule has 15 heavy (non-hydrogen) atoms. The van der Waals surface area contributed by atoms with Crippen molar-refractivity contribution in [3.63, 3.8) is 0 Å². The molecule has 4 nitrogen and oxygen atoms in total. The summed E-state index contributed by atoms with van der Waals surface area (Å²) < 4.78 is 0. The Bertz CT molecular complexity index is 191. The molecule has 0 aromatic heterocycles. The Morgan fingerprint density at radius 1 is 1.33 bits per heavy atom. The van der Waals surface area contributed by atoms with Crippen molar-refractivity contribution in [2.75, 3.05) is 26.7 Å². The molecule has 0 spiro atoms. The lowest BCUT2D eigenvalue weighted by atomic mass is 9.98. The highest BCUT2D eigenvalue weighted by Gasteiger charge is 2.21. The Morgan fingerprint density at radius 2 is 1.87 bits per heavy atom. The molecule has 0 aromatic rings. The molecule has 0 unspecified atom stereocenters. The molecule has 2 N–H and O–H groups in total. The Balaban J connectivity index is 3.83. The van der Waals surface area contributed by atoms with Crippen LogP contribution in [0.3, 0.4) is 0 Å². The molecule has 0 aliphatic heterocycles. The first kappa shape index (κ1) is 14.4. The molecule has 0 aromatic carbocycles. The molecular weight excluding hydrogens is 192 g/mol. The van der Waals surface area contributed by atoms with Crippen molar-refractivity contribution in [3.8, 4) is 0 Å². The van der Waals surface area contributed by atoms with Crippen LogP contribution in [-0.4, -0.2) is 48.2 Å². The molecular formula is C11H24N2O2. The normalized spacial score (nSPS) is 11.5. The Morgan fingerprint density at radius 3 is 2.27 bits per heavy atom. The summed E-state index contributed by atoms with van der Waals surface area (Å²) in [6, 6.07) is 0. The molecule has 0 aliphatic carbocycles. The Hall–Kier alpha value is -0.610. The second kappa shape index (κ2) is 6.80. The van der Waals surface area contributed by atoms with Gasteiger partial charge in [-0.2, -0.15) is 0 Å². The SMILES string of the molecule is CCN(C)C(=O)CNCC(O)(CC)CC. The summed E-state index contributed by atoms with van der Waals surface area (Å²) >= 11 is 0. The molecule has 0 fully saturated rings. The van der Waals surface area contributed by atoms with Gasteiger partial charge in [-0.15, -0.1) is 0 Å². The zero-order chi connectivity index (χ0) is 11.9. The van der Waals surface area contributed by atoms with Gasteiger partial charge in [0.15, 0.2) is 0 Å². The molecule has 0 bridgehead atoms. The molecule has 90 valence electrons. The maximum Gasteiger partial charge on any atom is 0.236 e. The van der Waals surface area contributed by atoms with Gasteiger partial charge in [0.05, 0.1) is 12.1 Å². The van der Waals surface area contributed by atoms with Gasteiger partial charge < -0.3 is 15.3 Å². The third-order valence-electron chi connectivity index (χ3n) is 2.95. The minimum absolute atomic E-state index is 0.0621. The molecule has 0 heterocycles. The zero-order valence-corrected chi connectivity index (χ0v) is 10.3. The Kier molecular flexibility index (Phi) is 6.52. The molecule has 4 heteroatoms. The fourth-order valence-electron chi connectivity index (χ4n) is 1.21. The van der Waals surface area contributed by atoms with E-state index in [1.165, 1.54) is 0 Å². The van der Waals surface area contributed by atoms with E-state index in [9.17, 15) is 9.90 Å². The number of likely N-dealkylation sites (N-methyl/N-ethyl adjacent to an activating group) is 1. The quantitative estimate of drug-likeness (QED) is 0.655. The van der Waals surface area contributed by atoms with Gasteiger partial charge in [0, 0.05) is 20.1 Å². The summed E-state index contributed by atoms with van der Waals surface area (Å²) in [4.78, 5) is 13.1. The summed E-state index contributed by atoms with van der Waals surface area (Å²) in [5.74, 6) is 0.0621. The van der Waals surface area contributed by atoms with Crippen LogP contribution in [0.25, 0.3) is 0 Å². The number of carbonyl (C=O) groups excluding carboxylic acids is 1. The Labute approximate surface area is 92.7 Å². The lowest BCUT2D eigenvalue weighted by Crippen LogP contribution is -2.43. The van der Waals surface area contributed by atoms with Crippen LogP contribution >= 0.6 is 0 Å². The second-order valence-corrected chi connectivity index (χ2v) is 3.94. The topological polar surface area (TPSA) is 52.6 Å². The van der Waals surface area contributed by atoms with E-state index >= 15 is 0 Å². The molecule has 0 rings (SSSR count). The van der Waals surface area contributed by atoms with E-state index in [1.807, 2.05) is 20.8 Å². The number of amides is 1. The minimum atomic E-state index is -0.676. The number of rotatable bonds is 7. The van der Waals surface area contributed by atoms with Crippen LogP contribution < -0.4 is 5.32 Å². The van der Waals surface area contributed by atoms with Crippen LogP contribution in [0.4, 0.5) is 0 Å². The maximum absolute atomic E-state index is 11.4. The predicted molar refractivity (Wildman–Crippen MR) is 61.7 cm³/mol. The zero-order valence-electron chi connectivity index (χ0n) is 10.3. The fourth-order valence-corrected chi connectivity index (χ4v) is 1.21. The molecule has 0 aliphatic rings. The van der Waals surface area contributed by atoms with Crippen molar-refractivity contribution in [1.82, 2.24) is 10.2 Å². The van der Waals surface area contributed by atoms with E-state index in [4.69, 9.17) is 0 Å². The first-order valence-corrected chi connectivity index (χ1v) is 5.66. The first-order valence-electron chi connectivity index (χ1n) is 5.66. The van der Waals surface area contributed by atoms with Crippen LogP contribution in [-0.2, 0) is 4.79 Å². The number of hydrogen-bond donors (Lipinski definition) is 2. The standard InChI is InChI=1S/C11H24N2O2/c1-5-11(15,6-2)9-12-8-10(14)13(4)7-3/h12,15H,5-9H2,1-4H3. The van der Waals surface area contributed by atoms with E-state index in [0.717, 1.165) is 0 Å². The van der Waals surface area contributed by atoms with Gasteiger partial charge in [-0.25, -0.2) is 0 Å². The summed E-state index contributed by atoms with van der Waals surface area (Å²) in [5.41, 5.74) is -0.676. The van der Waals surface area contributed by atoms with E-state index in [0.29, 0.717) is 32.5 Å². The molecule has 0 saturated carbocycles. The fraction of sp³-hybridized carbons (Fsp3) is 0.909. The lowest BCUT2D eigenvalue weighted by Gasteiger charge is -2.25. The van der Waals surface area contributed by atoms with E-state index < -0.39 is 5.60 Å². The number of aliphatic hydroxyl groups is 1. The van der Waals surface area contributed by atoms with Crippen molar-refractivity contribution in [2.24, 2.45) is 0 Å². The summed E-state index contributed by atoms with van der Waals surface area (Å²) in [5, 5.41) is 13.0. The van der Waals surface area contributed by atoms with Crippen LogP contribution in [0, 0.1) is 0 Å². The van der Waals surface area contributed by atoms with Crippen molar-refractivity contribution in [3.05, 3.63) is 0 Å². The highest BCUT2D eigenvalue weighted by atomic mass is 16.3. The van der Waals surface area contributed by atoms with Crippen LogP contribution in [0.5, 0.6) is 0 Å². The largest absolute Gasteiger partial charge is 0.389 e. The third kappa shape index (κ3) is 5.14. The predicted octanol–water partition coefficient (Wildman–Crippen LogP) is 0.605. The number of hydrogen-bond acceptors (Lipinski definition) is 3. The van der Waals surface area contributed by atoms with Gasteiger partial charge in [-0.3, -0.25) is 4.79 Å². The van der Waals surface area contributed by atoms with Crippen LogP contribution in [0.1, 0.15) is 33.6 Å². The summed E-state index contributed by atoms with van der Waals surface area (Å²) in [7, 11) is 1.77. The van der Waals surface area contributed by atoms with Crippen molar-refractivity contribution in [2.45, 2.75) is 39.2 Å². The number of nitrogens with zero attached hydrogens (tertiary/aromatic N) is 1. The van der Waals surface area contributed by atoms with Crippen LogP contribution in [0.15, 0.2) is 0 Å². The van der Waals surface area contributed by atoms with Crippen molar-refractivity contribution >= 4 is 5.91 Å². The van der Waals surface area contributed by atoms with Crippen molar-refractivity contribution < 1.29 is 9.90 Å². The third-order valence-corrected chi connectivity index (χ3v) is 2.95. The minimum Gasteiger partial charge on any atom is -0.389 e. The molecule has 0 saturated heterocycles. The maximum atomic E-state index is 11.4. The van der Waals surface area contributed by atoms with Gasteiger partial charge in [0.2, 0.25) is 5.91 Å². The first-order chi connectivity index (χ1) is 6.99. The molecule has 1 amide bonds. The average molecular weight is 216 g/mol. The van der Waals surface area contributed by atoms with E-state index in [1.54, 1.807) is 11.9 Å².